The van der Waals surface area contributed by atoms with Crippen LogP contribution in [0.5, 0.6) is 0 Å². The molecule has 0 spiro atoms. The maximum absolute atomic E-state index is 14.1. The van der Waals surface area contributed by atoms with Crippen molar-refractivity contribution in [1.82, 2.24) is 5.32 Å². The zero-order chi connectivity index (χ0) is 15.9. The quantitative estimate of drug-likeness (QED) is 0.770. The Morgan fingerprint density at radius 3 is 2.48 bits per heavy atom. The molecule has 1 atom stereocenters. The summed E-state index contributed by atoms with van der Waals surface area (Å²) in [7, 11) is 0. The first kappa shape index (κ1) is 18.2. The maximum Gasteiger partial charge on any atom is 0.272 e. The topological polar surface area (TPSA) is 49.3 Å². The molecule has 21 heavy (non-hydrogen) atoms. The summed E-state index contributed by atoms with van der Waals surface area (Å²) >= 11 is 16.4. The fourth-order valence-corrected chi connectivity index (χ4v) is 1.82. The highest BCUT2D eigenvalue weighted by Gasteiger charge is 2.33. The minimum absolute atomic E-state index is 0.140. The Morgan fingerprint density at radius 1 is 1.33 bits per heavy atom. The van der Waals surface area contributed by atoms with E-state index >= 15 is 0 Å². The van der Waals surface area contributed by atoms with Crippen molar-refractivity contribution in [2.45, 2.75) is 22.7 Å². The molecule has 1 amide bonds. The van der Waals surface area contributed by atoms with E-state index in [1.807, 2.05) is 6.07 Å². The number of nitrogens with one attached hydrogen (secondary N) is 1. The lowest BCUT2D eigenvalue weighted by atomic mass is 10.0. The molecule has 1 aromatic rings. The first-order chi connectivity index (χ1) is 9.84. The standard InChI is InChI=1S/C14H15Cl3FNO2/c15-14(16,17)13(21)19-12(11(18)7-4-8-20)9-10-5-2-1-3-6-10/h1-3,5-7,12,20H,4,8-9H2,(H,19,21)/b11-7-/t12-/m0/s1. The van der Waals surface area contributed by atoms with E-state index in [0.29, 0.717) is 0 Å². The van der Waals surface area contributed by atoms with Gasteiger partial charge in [-0.1, -0.05) is 65.1 Å². The van der Waals surface area contributed by atoms with Crippen molar-refractivity contribution in [3.63, 3.8) is 0 Å². The highest BCUT2D eigenvalue weighted by molar-refractivity contribution is 6.76. The van der Waals surface area contributed by atoms with E-state index in [0.717, 1.165) is 5.56 Å². The highest BCUT2D eigenvalue weighted by atomic mass is 35.6. The highest BCUT2D eigenvalue weighted by Crippen LogP contribution is 2.26. The number of benzene rings is 1. The largest absolute Gasteiger partial charge is 0.396 e. The second-order valence-corrected chi connectivity index (χ2v) is 6.60. The Hall–Kier alpha value is -0.810. The molecule has 0 aliphatic heterocycles. The predicted octanol–water partition coefficient (Wildman–Crippen LogP) is 3.32. The van der Waals surface area contributed by atoms with E-state index < -0.39 is 21.6 Å². The molecular formula is C14H15Cl3FNO2. The molecule has 0 saturated carbocycles. The Morgan fingerprint density at radius 2 is 1.95 bits per heavy atom. The van der Waals surface area contributed by atoms with Gasteiger partial charge in [0.2, 0.25) is 0 Å². The molecule has 0 aliphatic carbocycles. The van der Waals surface area contributed by atoms with Crippen LogP contribution in [0, 0.1) is 0 Å². The van der Waals surface area contributed by atoms with Crippen molar-refractivity contribution in [3.05, 3.63) is 47.8 Å². The first-order valence-electron chi connectivity index (χ1n) is 6.22. The fraction of sp³-hybridized carbons (Fsp3) is 0.357. The fourth-order valence-electron chi connectivity index (χ4n) is 1.65. The summed E-state index contributed by atoms with van der Waals surface area (Å²) in [5.74, 6) is -1.49. The molecule has 0 radical (unpaired) electrons. The summed E-state index contributed by atoms with van der Waals surface area (Å²) in [6.07, 6.45) is 1.55. The molecular weight excluding hydrogens is 340 g/mol. The van der Waals surface area contributed by atoms with Gasteiger partial charge in [0, 0.05) is 6.61 Å². The van der Waals surface area contributed by atoms with Crippen LogP contribution in [-0.4, -0.2) is 27.5 Å². The van der Waals surface area contributed by atoms with Crippen LogP contribution in [0.1, 0.15) is 12.0 Å². The van der Waals surface area contributed by atoms with E-state index in [1.165, 1.54) is 6.08 Å². The predicted molar refractivity (Wildman–Crippen MR) is 83.3 cm³/mol. The van der Waals surface area contributed by atoms with Gasteiger partial charge < -0.3 is 10.4 Å². The van der Waals surface area contributed by atoms with Crippen molar-refractivity contribution in [2.75, 3.05) is 6.61 Å². The van der Waals surface area contributed by atoms with Gasteiger partial charge in [0.05, 0.1) is 6.04 Å². The van der Waals surface area contributed by atoms with Crippen molar-refractivity contribution in [2.24, 2.45) is 0 Å². The van der Waals surface area contributed by atoms with Gasteiger partial charge in [0.1, 0.15) is 5.83 Å². The third-order valence-corrected chi connectivity index (χ3v) is 3.16. The number of halogens is 4. The van der Waals surface area contributed by atoms with E-state index in [-0.39, 0.29) is 19.4 Å². The second kappa shape index (κ2) is 8.59. The van der Waals surface area contributed by atoms with Crippen molar-refractivity contribution in [3.8, 4) is 0 Å². The van der Waals surface area contributed by atoms with E-state index in [1.54, 1.807) is 24.3 Å². The number of hydrogen-bond acceptors (Lipinski definition) is 2. The molecule has 0 saturated heterocycles. The number of aliphatic hydroxyl groups excluding tert-OH is 1. The van der Waals surface area contributed by atoms with Crippen LogP contribution < -0.4 is 5.32 Å². The van der Waals surface area contributed by atoms with Gasteiger partial charge in [-0.25, -0.2) is 4.39 Å². The molecule has 2 N–H and O–H groups in total. The molecule has 0 heterocycles. The molecule has 1 rings (SSSR count). The van der Waals surface area contributed by atoms with E-state index in [4.69, 9.17) is 39.9 Å². The summed E-state index contributed by atoms with van der Waals surface area (Å²) in [6, 6.07) is 8.08. The zero-order valence-electron chi connectivity index (χ0n) is 11.0. The van der Waals surface area contributed by atoms with Crippen molar-refractivity contribution >= 4 is 40.7 Å². The second-order valence-electron chi connectivity index (χ2n) is 4.31. The Balaban J connectivity index is 2.87. The third-order valence-electron chi connectivity index (χ3n) is 2.65. The third kappa shape index (κ3) is 6.66. The Bertz CT molecular complexity index is 489. The molecule has 0 aromatic heterocycles. The first-order valence-corrected chi connectivity index (χ1v) is 7.36. The van der Waals surface area contributed by atoms with Gasteiger partial charge in [-0.3, -0.25) is 4.79 Å². The van der Waals surface area contributed by atoms with Crippen LogP contribution in [-0.2, 0) is 11.2 Å². The average Bonchev–Trinajstić information content (AvgIpc) is 2.44. The lowest BCUT2D eigenvalue weighted by molar-refractivity contribution is -0.120. The minimum atomic E-state index is -2.16. The smallest absolute Gasteiger partial charge is 0.272 e. The lowest BCUT2D eigenvalue weighted by Gasteiger charge is -2.20. The summed E-state index contributed by atoms with van der Waals surface area (Å²) < 4.78 is 11.9. The van der Waals surface area contributed by atoms with Crippen LogP contribution in [0.2, 0.25) is 0 Å². The number of carbonyl (C=O) groups excluding carboxylic acids is 1. The van der Waals surface area contributed by atoms with Gasteiger partial charge in [-0.15, -0.1) is 0 Å². The van der Waals surface area contributed by atoms with Gasteiger partial charge in [0.25, 0.3) is 9.70 Å². The number of amides is 1. The van der Waals surface area contributed by atoms with Crippen molar-refractivity contribution in [1.29, 1.82) is 0 Å². The summed E-state index contributed by atoms with van der Waals surface area (Å²) in [5, 5.41) is 11.1. The normalized spacial score (nSPS) is 13.9. The molecule has 0 aliphatic rings. The van der Waals surface area contributed by atoms with Gasteiger partial charge in [0.15, 0.2) is 0 Å². The van der Waals surface area contributed by atoms with Crippen LogP contribution >= 0.6 is 34.8 Å². The number of alkyl halides is 3. The number of hydrogen-bond donors (Lipinski definition) is 2. The SMILES string of the molecule is O=C(N[C@@H](Cc1ccccc1)/C(F)=C/CCO)C(Cl)(Cl)Cl. The summed E-state index contributed by atoms with van der Waals surface area (Å²) in [6.45, 7) is -0.191. The number of aliphatic hydroxyl groups is 1. The van der Waals surface area contributed by atoms with Gasteiger partial charge >= 0.3 is 0 Å². The van der Waals surface area contributed by atoms with Crippen molar-refractivity contribution < 1.29 is 14.3 Å². The van der Waals surface area contributed by atoms with Crippen LogP contribution in [0.15, 0.2) is 42.2 Å². The maximum atomic E-state index is 14.1. The monoisotopic (exact) mass is 353 g/mol. The molecule has 116 valence electrons. The van der Waals surface area contributed by atoms with E-state index in [9.17, 15) is 9.18 Å². The average molecular weight is 355 g/mol. The number of carbonyl (C=O) groups is 1. The molecule has 7 heteroatoms. The molecule has 1 aromatic carbocycles. The summed E-state index contributed by atoms with van der Waals surface area (Å²) in [4.78, 5) is 11.7. The lowest BCUT2D eigenvalue weighted by Crippen LogP contribution is -2.43. The Labute approximate surface area is 137 Å². The molecule has 3 nitrogen and oxygen atoms in total. The molecule has 0 unspecified atom stereocenters. The van der Waals surface area contributed by atoms with Crippen LogP contribution in [0.3, 0.4) is 0 Å². The Kier molecular flexibility index (Phi) is 7.46. The minimum Gasteiger partial charge on any atom is -0.396 e. The molecule has 0 fully saturated rings. The van der Waals surface area contributed by atoms with Gasteiger partial charge in [-0.2, -0.15) is 0 Å². The van der Waals surface area contributed by atoms with Gasteiger partial charge in [-0.05, 0) is 24.5 Å². The van der Waals surface area contributed by atoms with Crippen LogP contribution in [0.25, 0.3) is 0 Å². The zero-order valence-corrected chi connectivity index (χ0v) is 13.3. The van der Waals surface area contributed by atoms with E-state index in [2.05, 4.69) is 5.32 Å². The number of rotatable bonds is 6. The molecule has 0 bridgehead atoms. The summed E-state index contributed by atoms with van der Waals surface area (Å²) in [5.41, 5.74) is 0.819. The van der Waals surface area contributed by atoms with Crippen LogP contribution in [0.4, 0.5) is 4.39 Å².